The first kappa shape index (κ1) is 48.2. The number of nitrogens with two attached hydrogens (primary N) is 1. The quantitative estimate of drug-likeness (QED) is 0.0283. The summed E-state index contributed by atoms with van der Waals surface area (Å²) >= 11 is 0. The molecule has 0 aromatic carbocycles. The Balaban J connectivity index is 4.23. The van der Waals surface area contributed by atoms with E-state index in [9.17, 15) is 19.4 Å². The highest BCUT2D eigenvalue weighted by Crippen LogP contribution is 2.43. The highest BCUT2D eigenvalue weighted by atomic mass is 31.2. The van der Waals surface area contributed by atoms with Gasteiger partial charge in [0.15, 0.2) is 0 Å². The standard InChI is InChI=1S/C40H81N2O6P/c1-3-5-7-9-11-13-15-17-19-21-23-25-27-29-31-33-39(43)38(37-48-49(45,46)47-36-35-41)42-40(44)34-32-30-28-26-24-22-20-18-16-14-12-10-8-6-4-2/h31,33,38-39,43H,3-30,32,34-37,41H2,1-2H3,(H,42,44)(H,45,46)/b33-31+/t38-,39+/m0/s1. The summed E-state index contributed by atoms with van der Waals surface area (Å²) in [4.78, 5) is 22.6. The van der Waals surface area contributed by atoms with E-state index in [4.69, 9.17) is 14.8 Å². The minimum atomic E-state index is -4.33. The molecule has 0 saturated carbocycles. The molecule has 5 N–H and O–H groups in total. The van der Waals surface area contributed by atoms with Gasteiger partial charge in [-0.3, -0.25) is 13.8 Å². The van der Waals surface area contributed by atoms with Gasteiger partial charge in [-0.05, 0) is 19.3 Å². The molecule has 0 aliphatic carbocycles. The Morgan fingerprint density at radius 1 is 0.653 bits per heavy atom. The monoisotopic (exact) mass is 717 g/mol. The second-order valence-corrected chi connectivity index (χ2v) is 15.7. The molecule has 0 saturated heterocycles. The smallest absolute Gasteiger partial charge is 0.387 e. The van der Waals surface area contributed by atoms with E-state index in [1.54, 1.807) is 6.08 Å². The molecular weight excluding hydrogens is 635 g/mol. The lowest BCUT2D eigenvalue weighted by atomic mass is 10.0. The maximum Gasteiger partial charge on any atom is 0.472 e. The number of unbranched alkanes of at least 4 members (excludes halogenated alkanes) is 27. The van der Waals surface area contributed by atoms with Gasteiger partial charge in [-0.2, -0.15) is 0 Å². The van der Waals surface area contributed by atoms with Crippen molar-refractivity contribution in [3.8, 4) is 0 Å². The number of amides is 1. The Labute approximate surface area is 303 Å². The van der Waals surface area contributed by atoms with Crippen LogP contribution in [0, 0.1) is 0 Å². The first-order valence-corrected chi connectivity index (χ1v) is 22.3. The minimum Gasteiger partial charge on any atom is -0.387 e. The maximum atomic E-state index is 12.7. The van der Waals surface area contributed by atoms with Crippen molar-refractivity contribution < 1.29 is 28.4 Å². The molecule has 0 bridgehead atoms. The molecule has 0 aromatic heterocycles. The number of carbonyl (C=O) groups excluding carboxylic acids is 1. The van der Waals surface area contributed by atoms with Crippen LogP contribution in [0.2, 0.25) is 0 Å². The second-order valence-electron chi connectivity index (χ2n) is 14.2. The third-order valence-electron chi connectivity index (χ3n) is 9.36. The number of aliphatic hydroxyl groups excluding tert-OH is 1. The molecule has 292 valence electrons. The van der Waals surface area contributed by atoms with Crippen LogP contribution in [-0.2, 0) is 18.4 Å². The fraction of sp³-hybridized carbons (Fsp3) is 0.925. The van der Waals surface area contributed by atoms with E-state index in [0.717, 1.165) is 38.5 Å². The summed E-state index contributed by atoms with van der Waals surface area (Å²) in [6, 6.07) is -0.853. The van der Waals surface area contributed by atoms with Gasteiger partial charge in [-0.1, -0.05) is 193 Å². The average molecular weight is 717 g/mol. The van der Waals surface area contributed by atoms with E-state index < -0.39 is 20.0 Å². The van der Waals surface area contributed by atoms with Crippen molar-refractivity contribution in [1.29, 1.82) is 0 Å². The second kappa shape index (κ2) is 37.0. The Hall–Kier alpha value is -0.760. The van der Waals surface area contributed by atoms with Crippen molar-refractivity contribution in [2.75, 3.05) is 19.8 Å². The zero-order valence-corrected chi connectivity index (χ0v) is 33.1. The number of aliphatic hydroxyl groups is 1. The summed E-state index contributed by atoms with van der Waals surface area (Å²) in [5, 5.41) is 13.6. The van der Waals surface area contributed by atoms with Crippen molar-refractivity contribution in [3.63, 3.8) is 0 Å². The van der Waals surface area contributed by atoms with Gasteiger partial charge < -0.3 is 21.1 Å². The van der Waals surface area contributed by atoms with Gasteiger partial charge in [0.2, 0.25) is 5.91 Å². The van der Waals surface area contributed by atoms with Gasteiger partial charge in [-0.15, -0.1) is 0 Å². The Morgan fingerprint density at radius 2 is 1.04 bits per heavy atom. The number of phosphoric acid groups is 1. The van der Waals surface area contributed by atoms with Crippen LogP contribution in [0.25, 0.3) is 0 Å². The number of rotatable bonds is 39. The number of carbonyl (C=O) groups is 1. The van der Waals surface area contributed by atoms with Crippen LogP contribution >= 0.6 is 7.82 Å². The summed E-state index contributed by atoms with van der Waals surface area (Å²) in [6.45, 7) is 4.15. The molecule has 0 fully saturated rings. The van der Waals surface area contributed by atoms with E-state index in [1.165, 1.54) is 148 Å². The van der Waals surface area contributed by atoms with E-state index in [2.05, 4.69) is 19.2 Å². The topological polar surface area (TPSA) is 131 Å². The minimum absolute atomic E-state index is 0.0812. The third-order valence-corrected chi connectivity index (χ3v) is 10.3. The fourth-order valence-corrected chi connectivity index (χ4v) is 6.95. The molecule has 0 spiro atoms. The largest absolute Gasteiger partial charge is 0.472 e. The molecule has 1 unspecified atom stereocenters. The molecule has 49 heavy (non-hydrogen) atoms. The van der Waals surface area contributed by atoms with E-state index in [0.29, 0.717) is 6.42 Å². The van der Waals surface area contributed by atoms with Crippen molar-refractivity contribution in [2.45, 2.75) is 219 Å². The van der Waals surface area contributed by atoms with Gasteiger partial charge in [0.1, 0.15) is 0 Å². The molecule has 8 nitrogen and oxygen atoms in total. The summed E-state index contributed by atoms with van der Waals surface area (Å²) in [7, 11) is -4.33. The van der Waals surface area contributed by atoms with Crippen LogP contribution in [0.4, 0.5) is 0 Å². The number of nitrogens with one attached hydrogen (secondary N) is 1. The molecule has 0 aromatic rings. The lowest BCUT2D eigenvalue weighted by Gasteiger charge is -2.23. The molecule has 3 atom stereocenters. The Bertz CT molecular complexity index is 784. The van der Waals surface area contributed by atoms with E-state index >= 15 is 0 Å². The van der Waals surface area contributed by atoms with Crippen molar-refractivity contribution in [2.24, 2.45) is 5.73 Å². The SMILES string of the molecule is CCCCCCCCCCCCCCC/C=C/[C@@H](O)[C@H](COP(=O)(O)OCCN)NC(=O)CCCCCCCCCCCCCCCCC. The molecular formula is C40H81N2O6P. The first-order valence-electron chi connectivity index (χ1n) is 20.8. The number of allylic oxidation sites excluding steroid dienone is 1. The Morgan fingerprint density at radius 3 is 1.45 bits per heavy atom. The molecule has 0 radical (unpaired) electrons. The van der Waals surface area contributed by atoms with Crippen LogP contribution in [-0.4, -0.2) is 47.8 Å². The van der Waals surface area contributed by atoms with Crippen LogP contribution in [0.3, 0.4) is 0 Å². The predicted molar refractivity (Wildman–Crippen MR) is 208 cm³/mol. The molecule has 9 heteroatoms. The van der Waals surface area contributed by atoms with Crippen LogP contribution in [0.1, 0.15) is 206 Å². The van der Waals surface area contributed by atoms with Gasteiger partial charge in [-0.25, -0.2) is 4.57 Å². The summed E-state index contributed by atoms with van der Waals surface area (Å²) < 4.78 is 22.1. The third kappa shape index (κ3) is 35.4. The molecule has 0 rings (SSSR count). The number of phosphoric ester groups is 1. The molecule has 0 aliphatic heterocycles. The lowest BCUT2D eigenvalue weighted by molar-refractivity contribution is -0.123. The molecule has 0 heterocycles. The van der Waals surface area contributed by atoms with Crippen LogP contribution in [0.5, 0.6) is 0 Å². The van der Waals surface area contributed by atoms with Gasteiger partial charge in [0.25, 0.3) is 0 Å². The average Bonchev–Trinajstić information content (AvgIpc) is 3.09. The van der Waals surface area contributed by atoms with Gasteiger partial charge >= 0.3 is 7.82 Å². The number of hydrogen-bond donors (Lipinski definition) is 4. The summed E-state index contributed by atoms with van der Waals surface area (Å²) in [6.07, 6.45) is 39.6. The summed E-state index contributed by atoms with van der Waals surface area (Å²) in [5.41, 5.74) is 5.36. The van der Waals surface area contributed by atoms with Crippen LogP contribution in [0.15, 0.2) is 12.2 Å². The van der Waals surface area contributed by atoms with Crippen molar-refractivity contribution in [3.05, 3.63) is 12.2 Å². The van der Waals surface area contributed by atoms with Crippen LogP contribution < -0.4 is 11.1 Å². The van der Waals surface area contributed by atoms with E-state index in [1.807, 2.05) is 6.08 Å². The highest BCUT2D eigenvalue weighted by Gasteiger charge is 2.26. The van der Waals surface area contributed by atoms with Crippen molar-refractivity contribution in [1.82, 2.24) is 5.32 Å². The van der Waals surface area contributed by atoms with Gasteiger partial charge in [0, 0.05) is 13.0 Å². The van der Waals surface area contributed by atoms with E-state index in [-0.39, 0.29) is 25.7 Å². The normalized spacial score (nSPS) is 14.3. The summed E-state index contributed by atoms with van der Waals surface area (Å²) in [5.74, 6) is -0.192. The highest BCUT2D eigenvalue weighted by molar-refractivity contribution is 7.47. The number of hydrogen-bond acceptors (Lipinski definition) is 6. The molecule has 0 aliphatic rings. The zero-order valence-electron chi connectivity index (χ0n) is 32.2. The zero-order chi connectivity index (χ0) is 36.1. The van der Waals surface area contributed by atoms with Gasteiger partial charge in [0.05, 0.1) is 25.4 Å². The maximum absolute atomic E-state index is 12.7. The first-order chi connectivity index (χ1) is 23.9. The fourth-order valence-electron chi connectivity index (χ4n) is 6.19. The predicted octanol–water partition coefficient (Wildman–Crippen LogP) is 11.2. The van der Waals surface area contributed by atoms with Crippen molar-refractivity contribution >= 4 is 13.7 Å². The Kier molecular flexibility index (Phi) is 36.4. The molecule has 1 amide bonds. The lowest BCUT2D eigenvalue weighted by Crippen LogP contribution is -2.45.